The van der Waals surface area contributed by atoms with Crippen molar-refractivity contribution < 1.29 is 4.74 Å². The van der Waals surface area contributed by atoms with Gasteiger partial charge in [0.05, 0.1) is 10.9 Å². The minimum atomic E-state index is 0.225. The molecule has 21 heavy (non-hydrogen) atoms. The third kappa shape index (κ3) is 4.71. The van der Waals surface area contributed by atoms with E-state index in [4.69, 9.17) is 16.3 Å². The fraction of sp³-hybridized carbons (Fsp3) is 0.375. The van der Waals surface area contributed by atoms with Crippen LogP contribution in [0.25, 0.3) is 0 Å². The Hall–Kier alpha value is -0.550. The molecule has 1 heterocycles. The van der Waals surface area contributed by atoms with E-state index < -0.39 is 0 Å². The number of hydrogen-bond acceptors (Lipinski definition) is 3. The van der Waals surface area contributed by atoms with Crippen molar-refractivity contribution in [2.24, 2.45) is 0 Å². The van der Waals surface area contributed by atoms with Crippen molar-refractivity contribution in [3.05, 3.63) is 49.6 Å². The molecule has 0 spiro atoms. The van der Waals surface area contributed by atoms with E-state index in [-0.39, 0.29) is 6.04 Å². The summed E-state index contributed by atoms with van der Waals surface area (Å²) in [6.45, 7) is 3.15. The van der Waals surface area contributed by atoms with Crippen LogP contribution in [0, 0.1) is 0 Å². The van der Waals surface area contributed by atoms with Gasteiger partial charge in [-0.2, -0.15) is 0 Å². The van der Waals surface area contributed by atoms with Gasteiger partial charge in [-0.3, -0.25) is 0 Å². The number of rotatable bonds is 7. The first-order valence-corrected chi connectivity index (χ1v) is 8.93. The van der Waals surface area contributed by atoms with Crippen LogP contribution in [-0.4, -0.2) is 13.7 Å². The maximum atomic E-state index is 6.06. The van der Waals surface area contributed by atoms with Crippen LogP contribution in [-0.2, 0) is 6.42 Å². The van der Waals surface area contributed by atoms with Gasteiger partial charge in [0.15, 0.2) is 0 Å². The Kier molecular flexibility index (Phi) is 6.55. The summed E-state index contributed by atoms with van der Waals surface area (Å²) in [5, 5.41) is 4.30. The third-order valence-electron chi connectivity index (χ3n) is 3.25. The van der Waals surface area contributed by atoms with Crippen molar-refractivity contribution in [1.82, 2.24) is 5.32 Å². The van der Waals surface area contributed by atoms with Crippen LogP contribution < -0.4 is 10.1 Å². The molecule has 1 unspecified atom stereocenters. The van der Waals surface area contributed by atoms with Crippen molar-refractivity contribution in [2.45, 2.75) is 25.8 Å². The Morgan fingerprint density at radius 3 is 2.76 bits per heavy atom. The number of benzene rings is 1. The van der Waals surface area contributed by atoms with Crippen LogP contribution in [0.4, 0.5) is 0 Å². The molecule has 2 aromatic rings. The SMILES string of the molecule is CCCNC(Cc1ccc(Br)s1)c1ccc(Cl)cc1OC. The first-order valence-electron chi connectivity index (χ1n) is 6.95. The third-order valence-corrected chi connectivity index (χ3v) is 5.13. The smallest absolute Gasteiger partial charge is 0.125 e. The molecule has 0 aliphatic heterocycles. The van der Waals surface area contributed by atoms with E-state index in [0.717, 1.165) is 34.5 Å². The summed E-state index contributed by atoms with van der Waals surface area (Å²) in [7, 11) is 1.69. The van der Waals surface area contributed by atoms with Crippen LogP contribution in [0.1, 0.15) is 29.8 Å². The molecule has 0 fully saturated rings. The lowest BCUT2D eigenvalue weighted by Crippen LogP contribution is -2.24. The van der Waals surface area contributed by atoms with Gasteiger partial charge in [-0.15, -0.1) is 11.3 Å². The van der Waals surface area contributed by atoms with Gasteiger partial charge in [0, 0.05) is 27.9 Å². The Bertz CT molecular complexity index is 587. The zero-order valence-corrected chi connectivity index (χ0v) is 15.3. The predicted octanol–water partition coefficient (Wildman–Crippen LogP) is 5.46. The number of thiophene rings is 1. The fourth-order valence-corrected chi connectivity index (χ4v) is 3.94. The second kappa shape index (κ2) is 8.18. The molecule has 0 radical (unpaired) electrons. The Morgan fingerprint density at radius 1 is 1.33 bits per heavy atom. The van der Waals surface area contributed by atoms with Crippen molar-refractivity contribution in [2.75, 3.05) is 13.7 Å². The first kappa shape index (κ1) is 16.8. The number of methoxy groups -OCH3 is 1. The van der Waals surface area contributed by atoms with Crippen LogP contribution >= 0.6 is 38.9 Å². The van der Waals surface area contributed by atoms with Crippen molar-refractivity contribution in [3.63, 3.8) is 0 Å². The predicted molar refractivity (Wildman–Crippen MR) is 94.8 cm³/mol. The summed E-state index contributed by atoms with van der Waals surface area (Å²) in [5.74, 6) is 0.840. The standard InChI is InChI=1S/C16H19BrClNOS/c1-3-8-19-14(10-12-5-7-16(17)21-12)13-6-4-11(18)9-15(13)20-2/h4-7,9,14,19H,3,8,10H2,1-2H3. The molecule has 0 saturated heterocycles. The van der Waals surface area contributed by atoms with E-state index in [0.29, 0.717) is 5.02 Å². The molecule has 1 atom stereocenters. The summed E-state index contributed by atoms with van der Waals surface area (Å²) in [4.78, 5) is 1.34. The molecule has 2 nitrogen and oxygen atoms in total. The highest BCUT2D eigenvalue weighted by Gasteiger charge is 2.17. The van der Waals surface area contributed by atoms with Gasteiger partial charge in [0.1, 0.15) is 5.75 Å². The highest BCUT2D eigenvalue weighted by Crippen LogP contribution is 2.32. The summed E-state index contributed by atoms with van der Waals surface area (Å²) in [6, 6.07) is 10.3. The number of nitrogens with one attached hydrogen (secondary N) is 1. The quantitative estimate of drug-likeness (QED) is 0.680. The van der Waals surface area contributed by atoms with E-state index in [1.54, 1.807) is 18.4 Å². The molecular formula is C16H19BrClNOS. The molecular weight excluding hydrogens is 370 g/mol. The Labute approximate surface area is 143 Å². The normalized spacial score (nSPS) is 12.4. The number of halogens is 2. The van der Waals surface area contributed by atoms with E-state index in [2.05, 4.69) is 46.4 Å². The zero-order chi connectivity index (χ0) is 15.2. The fourth-order valence-electron chi connectivity index (χ4n) is 2.25. The Morgan fingerprint density at radius 2 is 2.14 bits per heavy atom. The lowest BCUT2D eigenvalue weighted by atomic mass is 10.0. The topological polar surface area (TPSA) is 21.3 Å². The molecule has 1 aromatic heterocycles. The molecule has 0 amide bonds. The minimum absolute atomic E-state index is 0.225. The first-order chi connectivity index (χ1) is 10.1. The van der Waals surface area contributed by atoms with Gasteiger partial charge in [0.2, 0.25) is 0 Å². The average Bonchev–Trinajstić information content (AvgIpc) is 2.88. The van der Waals surface area contributed by atoms with Gasteiger partial charge in [-0.1, -0.05) is 24.6 Å². The summed E-state index contributed by atoms with van der Waals surface area (Å²) in [6.07, 6.45) is 2.04. The molecule has 0 aliphatic rings. The monoisotopic (exact) mass is 387 g/mol. The molecule has 0 bridgehead atoms. The van der Waals surface area contributed by atoms with Gasteiger partial charge in [-0.25, -0.2) is 0 Å². The number of ether oxygens (including phenoxy) is 1. The van der Waals surface area contributed by atoms with E-state index in [1.807, 2.05) is 12.1 Å². The lowest BCUT2D eigenvalue weighted by molar-refractivity contribution is 0.398. The largest absolute Gasteiger partial charge is 0.496 e. The lowest BCUT2D eigenvalue weighted by Gasteiger charge is -2.21. The zero-order valence-electron chi connectivity index (χ0n) is 12.2. The van der Waals surface area contributed by atoms with Gasteiger partial charge in [0.25, 0.3) is 0 Å². The minimum Gasteiger partial charge on any atom is -0.496 e. The van der Waals surface area contributed by atoms with Crippen LogP contribution in [0.3, 0.4) is 0 Å². The summed E-state index contributed by atoms with van der Waals surface area (Å²) >= 11 is 11.4. The summed E-state index contributed by atoms with van der Waals surface area (Å²) < 4.78 is 6.66. The van der Waals surface area contributed by atoms with Gasteiger partial charge < -0.3 is 10.1 Å². The van der Waals surface area contributed by atoms with Crippen molar-refractivity contribution in [3.8, 4) is 5.75 Å². The van der Waals surface area contributed by atoms with Gasteiger partial charge >= 0.3 is 0 Å². The molecule has 1 N–H and O–H groups in total. The molecule has 1 aromatic carbocycles. The van der Waals surface area contributed by atoms with Gasteiger partial charge in [-0.05, 0) is 53.2 Å². The Balaban J connectivity index is 2.26. The number of hydrogen-bond donors (Lipinski definition) is 1. The van der Waals surface area contributed by atoms with Crippen molar-refractivity contribution in [1.29, 1.82) is 0 Å². The maximum Gasteiger partial charge on any atom is 0.125 e. The van der Waals surface area contributed by atoms with E-state index in [1.165, 1.54) is 4.88 Å². The average molecular weight is 389 g/mol. The van der Waals surface area contributed by atoms with Crippen LogP contribution in [0.5, 0.6) is 5.75 Å². The summed E-state index contributed by atoms with van der Waals surface area (Å²) in [5.41, 5.74) is 1.15. The highest BCUT2D eigenvalue weighted by molar-refractivity contribution is 9.11. The second-order valence-electron chi connectivity index (χ2n) is 4.80. The van der Waals surface area contributed by atoms with Crippen LogP contribution in [0.15, 0.2) is 34.1 Å². The highest BCUT2D eigenvalue weighted by atomic mass is 79.9. The molecule has 114 valence electrons. The molecule has 0 saturated carbocycles. The van der Waals surface area contributed by atoms with Crippen LogP contribution in [0.2, 0.25) is 5.02 Å². The molecule has 0 aliphatic carbocycles. The molecule has 5 heteroatoms. The van der Waals surface area contributed by atoms with Crippen molar-refractivity contribution >= 4 is 38.9 Å². The second-order valence-corrected chi connectivity index (χ2v) is 7.79. The van der Waals surface area contributed by atoms with E-state index >= 15 is 0 Å². The van der Waals surface area contributed by atoms with E-state index in [9.17, 15) is 0 Å². The maximum absolute atomic E-state index is 6.06. The molecule has 2 rings (SSSR count).